The van der Waals surface area contributed by atoms with E-state index in [0.717, 1.165) is 38.8 Å². The number of aliphatic hydroxyl groups is 1. The first-order chi connectivity index (χ1) is 15.1. The van der Waals surface area contributed by atoms with E-state index in [1.807, 2.05) is 60.7 Å². The Morgan fingerprint density at radius 2 is 1.44 bits per heavy atom. The van der Waals surface area contributed by atoms with Crippen LogP contribution in [0.5, 0.6) is 0 Å². The van der Waals surface area contributed by atoms with Gasteiger partial charge in [0.15, 0.2) is 0 Å². The number of cyclic esters (lactones) is 1. The summed E-state index contributed by atoms with van der Waals surface area (Å²) in [5, 5.41) is 11.4. The molecule has 0 unspecified atom stereocenters. The van der Waals surface area contributed by atoms with E-state index in [-0.39, 0.29) is 55.3 Å². The van der Waals surface area contributed by atoms with Gasteiger partial charge in [-0.25, -0.2) is 4.79 Å². The molecule has 2 aromatic carbocycles. The van der Waals surface area contributed by atoms with E-state index in [2.05, 4.69) is 5.32 Å². The molecule has 1 heterocycles. The molecule has 8 nitrogen and oxygen atoms in total. The number of amides is 1. The predicted molar refractivity (Wildman–Crippen MR) is 148 cm³/mol. The van der Waals surface area contributed by atoms with Crippen LogP contribution in [0, 0.1) is 0 Å². The standard InChI is InChI=1S/C10H11NO2.C9H13NO.C5H14N2.CH4.BrH.H3N/c12-10-11-9(7-13-10)6-8-4-2-1-3-5-8;10-9(7-11)6-8-4-2-1-3-5-8;6-4-2-1-3-5-7;;;/h1-5,9H,6-7H2,(H,11,12);1-5,9,11H,6-7,10H2;1-7H2;1H4;1H;1H3/t2*9-;;;;/m11..../s1. The third-order valence-electron chi connectivity index (χ3n) is 4.55. The van der Waals surface area contributed by atoms with Gasteiger partial charge in [0.1, 0.15) is 6.61 Å². The molecule has 0 radical (unpaired) electrons. The fraction of sp³-hybridized carbons (Fsp3) is 0.480. The number of carbonyl (C=O) groups is 1. The minimum atomic E-state index is -0.305. The molecular formula is C25H46BrN5O3. The molecule has 0 saturated carbocycles. The van der Waals surface area contributed by atoms with E-state index < -0.39 is 0 Å². The summed E-state index contributed by atoms with van der Waals surface area (Å²) in [4.78, 5) is 10.7. The number of alkyl carbamates (subject to hydrolysis) is 1. The Labute approximate surface area is 216 Å². The molecule has 2 atom stereocenters. The Hall–Kier alpha value is -2.01. The van der Waals surface area contributed by atoms with Crippen LogP contribution in [0.1, 0.15) is 37.8 Å². The van der Waals surface area contributed by atoms with Crippen LogP contribution in [0.3, 0.4) is 0 Å². The van der Waals surface area contributed by atoms with Crippen molar-refractivity contribution in [2.45, 2.75) is 51.6 Å². The number of nitrogens with one attached hydrogen (secondary N) is 1. The van der Waals surface area contributed by atoms with Crippen LogP contribution < -0.4 is 28.7 Å². The lowest BCUT2D eigenvalue weighted by molar-refractivity contribution is 0.177. The number of ether oxygens (including phenoxy) is 1. The lowest BCUT2D eigenvalue weighted by Gasteiger charge is -2.06. The minimum absolute atomic E-state index is 0. The highest BCUT2D eigenvalue weighted by atomic mass is 79.9. The van der Waals surface area contributed by atoms with Gasteiger partial charge in [0.05, 0.1) is 12.6 Å². The summed E-state index contributed by atoms with van der Waals surface area (Å²) < 4.78 is 4.79. The number of unbranched alkanes of at least 4 members (excludes halogenated alkanes) is 2. The van der Waals surface area contributed by atoms with Crippen LogP contribution in [-0.2, 0) is 17.6 Å². The monoisotopic (exact) mass is 543 g/mol. The Balaban J connectivity index is -0.000000424. The second-order valence-electron chi connectivity index (χ2n) is 7.40. The topological polar surface area (TPSA) is 172 Å². The van der Waals surface area contributed by atoms with Crippen LogP contribution >= 0.6 is 17.0 Å². The van der Waals surface area contributed by atoms with Gasteiger partial charge in [-0.15, -0.1) is 17.0 Å². The highest BCUT2D eigenvalue weighted by Crippen LogP contribution is 2.07. The van der Waals surface area contributed by atoms with Crippen molar-refractivity contribution in [3.63, 3.8) is 0 Å². The lowest BCUT2D eigenvalue weighted by Crippen LogP contribution is -2.28. The molecule has 11 N–H and O–H groups in total. The summed E-state index contributed by atoms with van der Waals surface area (Å²) in [6, 6.07) is 20.0. The molecule has 196 valence electrons. The smallest absolute Gasteiger partial charge is 0.407 e. The van der Waals surface area contributed by atoms with Crippen molar-refractivity contribution in [3.8, 4) is 0 Å². The van der Waals surface area contributed by atoms with Crippen molar-refractivity contribution in [1.82, 2.24) is 11.5 Å². The van der Waals surface area contributed by atoms with Gasteiger partial charge in [0.2, 0.25) is 0 Å². The van der Waals surface area contributed by atoms with Crippen molar-refractivity contribution in [2.24, 2.45) is 17.2 Å². The first-order valence-corrected chi connectivity index (χ1v) is 10.9. The number of benzene rings is 2. The molecule has 3 rings (SSSR count). The quantitative estimate of drug-likeness (QED) is 0.263. The summed E-state index contributed by atoms with van der Waals surface area (Å²) in [6.45, 7) is 2.14. The molecule has 9 heteroatoms. The zero-order chi connectivity index (χ0) is 22.7. The molecule has 34 heavy (non-hydrogen) atoms. The molecule has 1 fully saturated rings. The molecule has 2 aromatic rings. The van der Waals surface area contributed by atoms with Gasteiger partial charge in [0.25, 0.3) is 0 Å². The molecule has 0 spiro atoms. The largest absolute Gasteiger partial charge is 0.447 e. The number of hydrogen-bond donors (Lipinski definition) is 6. The molecule has 1 amide bonds. The molecule has 1 aliphatic rings. The fourth-order valence-electron chi connectivity index (χ4n) is 2.88. The number of hydrogen-bond acceptors (Lipinski definition) is 7. The van der Waals surface area contributed by atoms with Crippen LogP contribution in [0.25, 0.3) is 0 Å². The van der Waals surface area contributed by atoms with Gasteiger partial charge in [-0.2, -0.15) is 0 Å². The molecule has 0 aliphatic carbocycles. The summed E-state index contributed by atoms with van der Waals surface area (Å²) >= 11 is 0. The highest BCUT2D eigenvalue weighted by Gasteiger charge is 2.21. The number of carbonyl (C=O) groups excluding carboxylic acids is 1. The van der Waals surface area contributed by atoms with Gasteiger partial charge in [0, 0.05) is 6.04 Å². The van der Waals surface area contributed by atoms with Gasteiger partial charge in [-0.3, -0.25) is 0 Å². The molecule has 0 bridgehead atoms. The maximum absolute atomic E-state index is 10.7. The second-order valence-corrected chi connectivity index (χ2v) is 7.40. The molecule has 1 saturated heterocycles. The predicted octanol–water partition coefficient (Wildman–Crippen LogP) is 3.34. The normalized spacial score (nSPS) is 14.1. The van der Waals surface area contributed by atoms with Gasteiger partial charge < -0.3 is 38.5 Å². The van der Waals surface area contributed by atoms with E-state index in [1.165, 1.54) is 17.5 Å². The zero-order valence-electron chi connectivity index (χ0n) is 19.4. The van der Waals surface area contributed by atoms with Crippen LogP contribution in [0.15, 0.2) is 60.7 Å². The molecular weight excluding hydrogens is 498 g/mol. The Morgan fingerprint density at radius 3 is 1.85 bits per heavy atom. The SMILES string of the molecule is Br.C.N.NCCCCCN.N[C@@H](CO)Cc1ccccc1.O=C1N[C@H](Cc2ccccc2)CO1. The first-order valence-electron chi connectivity index (χ1n) is 10.9. The zero-order valence-corrected chi connectivity index (χ0v) is 21.1. The van der Waals surface area contributed by atoms with Gasteiger partial charge >= 0.3 is 6.09 Å². The van der Waals surface area contributed by atoms with E-state index in [4.69, 9.17) is 27.0 Å². The Morgan fingerprint density at radius 1 is 0.941 bits per heavy atom. The fourth-order valence-corrected chi connectivity index (χ4v) is 2.88. The summed E-state index contributed by atoms with van der Waals surface area (Å²) in [5.41, 5.74) is 18.4. The lowest BCUT2D eigenvalue weighted by atomic mass is 10.1. The van der Waals surface area contributed by atoms with Crippen molar-refractivity contribution < 1.29 is 14.6 Å². The maximum atomic E-state index is 10.7. The summed E-state index contributed by atoms with van der Waals surface area (Å²) in [7, 11) is 0. The molecule has 1 aliphatic heterocycles. The first kappa shape index (κ1) is 36.6. The summed E-state index contributed by atoms with van der Waals surface area (Å²) in [6.07, 6.45) is 4.71. The third-order valence-corrected chi connectivity index (χ3v) is 4.55. The Kier molecular flexibility index (Phi) is 25.9. The Bertz CT molecular complexity index is 691. The highest BCUT2D eigenvalue weighted by molar-refractivity contribution is 8.93. The van der Waals surface area contributed by atoms with Crippen LogP contribution in [0.4, 0.5) is 4.79 Å². The maximum Gasteiger partial charge on any atom is 0.407 e. The summed E-state index contributed by atoms with van der Waals surface area (Å²) in [5.74, 6) is 0. The number of halogens is 1. The number of nitrogens with two attached hydrogens (primary N) is 3. The average molecular weight is 545 g/mol. The minimum Gasteiger partial charge on any atom is -0.447 e. The number of rotatable bonds is 9. The van der Waals surface area contributed by atoms with E-state index in [9.17, 15) is 4.79 Å². The van der Waals surface area contributed by atoms with Crippen molar-refractivity contribution in [2.75, 3.05) is 26.3 Å². The van der Waals surface area contributed by atoms with Gasteiger partial charge in [-0.1, -0.05) is 74.5 Å². The van der Waals surface area contributed by atoms with Crippen molar-refractivity contribution >= 4 is 23.1 Å². The van der Waals surface area contributed by atoms with Crippen molar-refractivity contribution in [3.05, 3.63) is 71.8 Å². The van der Waals surface area contributed by atoms with E-state index >= 15 is 0 Å². The molecule has 0 aromatic heterocycles. The van der Waals surface area contributed by atoms with Gasteiger partial charge in [-0.05, 0) is 49.9 Å². The average Bonchev–Trinajstić information content (AvgIpc) is 3.21. The van der Waals surface area contributed by atoms with Crippen LogP contribution in [-0.4, -0.2) is 49.6 Å². The van der Waals surface area contributed by atoms with E-state index in [1.54, 1.807) is 0 Å². The van der Waals surface area contributed by atoms with Crippen LogP contribution in [0.2, 0.25) is 0 Å². The second kappa shape index (κ2) is 24.1. The third kappa shape index (κ3) is 18.4. The number of aliphatic hydroxyl groups excluding tert-OH is 1. The van der Waals surface area contributed by atoms with Crippen molar-refractivity contribution in [1.29, 1.82) is 0 Å². The van der Waals surface area contributed by atoms with E-state index in [0.29, 0.717) is 6.61 Å².